The molecule has 1 heterocycles. The summed E-state index contributed by atoms with van der Waals surface area (Å²) in [5.74, 6) is 0.826. The number of nitrogens with zero attached hydrogens (tertiary/aromatic N) is 3. The Balaban J connectivity index is 1.95. The molecule has 1 N–H and O–H groups in total. The van der Waals surface area contributed by atoms with Crippen molar-refractivity contribution in [1.82, 2.24) is 9.13 Å². The average Bonchev–Trinajstić information content (AvgIpc) is 2.74. The van der Waals surface area contributed by atoms with Crippen LogP contribution < -0.4 is 16.0 Å². The Kier molecular flexibility index (Phi) is 6.79. The van der Waals surface area contributed by atoms with Crippen LogP contribution in [0.5, 0.6) is 11.6 Å². The molecule has 0 amide bonds. The summed E-state index contributed by atoms with van der Waals surface area (Å²) in [5, 5.41) is 10.9. The van der Waals surface area contributed by atoms with Crippen LogP contribution in [-0.4, -0.2) is 31.6 Å². The van der Waals surface area contributed by atoms with Gasteiger partial charge in [-0.3, -0.25) is 13.9 Å². The lowest BCUT2D eigenvalue weighted by Gasteiger charge is -2.13. The van der Waals surface area contributed by atoms with E-state index in [2.05, 4.69) is 4.99 Å². The second-order valence-corrected chi connectivity index (χ2v) is 7.75. The van der Waals surface area contributed by atoms with Crippen LogP contribution in [0.4, 0.5) is 5.69 Å². The lowest BCUT2D eigenvalue weighted by molar-refractivity contribution is 0.344. The summed E-state index contributed by atoms with van der Waals surface area (Å²) in [7, 11) is 2.79. The number of aliphatic imine (C=N–C) groups is 1. The van der Waals surface area contributed by atoms with Crippen LogP contribution in [0.2, 0.25) is 0 Å². The maximum absolute atomic E-state index is 12.8. The molecule has 0 spiro atoms. The van der Waals surface area contributed by atoms with Crippen LogP contribution in [0.1, 0.15) is 11.1 Å². The van der Waals surface area contributed by atoms with Gasteiger partial charge in [0.15, 0.2) is 0 Å². The largest absolute Gasteiger partial charge is 0.494 e. The lowest BCUT2D eigenvalue weighted by Crippen LogP contribution is -2.39. The Hall–Kier alpha value is -3.26. The monoisotopic (exact) mass is 425 g/mol. The van der Waals surface area contributed by atoms with Crippen LogP contribution in [0.15, 0.2) is 69.2 Å². The maximum Gasteiger partial charge on any atom is 0.333 e. The van der Waals surface area contributed by atoms with Crippen molar-refractivity contribution < 1.29 is 9.84 Å². The van der Waals surface area contributed by atoms with Gasteiger partial charge in [0.25, 0.3) is 5.56 Å². The molecule has 30 heavy (non-hydrogen) atoms. The maximum atomic E-state index is 12.8. The number of aryl methyl sites for hydroxylation is 1. The van der Waals surface area contributed by atoms with Crippen LogP contribution in [0.3, 0.4) is 0 Å². The molecule has 8 heteroatoms. The summed E-state index contributed by atoms with van der Waals surface area (Å²) in [4.78, 5) is 29.5. The number of hydrogen-bond donors (Lipinski definition) is 1. The SMILES string of the molecule is Cc1cccc(N=C(SCCOc2ccccc2)c2c(O)n(C)c(=O)n(C)c2=O)c1. The van der Waals surface area contributed by atoms with Gasteiger partial charge >= 0.3 is 5.69 Å². The number of aromatic hydroxyl groups is 1. The highest BCUT2D eigenvalue weighted by molar-refractivity contribution is 8.14. The Bertz CT molecular complexity index is 1180. The minimum absolute atomic E-state index is 0.00850. The van der Waals surface area contributed by atoms with Gasteiger partial charge in [-0.05, 0) is 36.8 Å². The van der Waals surface area contributed by atoms with E-state index in [1.807, 2.05) is 61.5 Å². The van der Waals surface area contributed by atoms with E-state index in [9.17, 15) is 14.7 Å². The van der Waals surface area contributed by atoms with Gasteiger partial charge in [-0.15, -0.1) is 11.8 Å². The highest BCUT2D eigenvalue weighted by Gasteiger charge is 2.21. The first kappa shape index (κ1) is 21.4. The lowest BCUT2D eigenvalue weighted by atomic mass is 10.2. The van der Waals surface area contributed by atoms with Gasteiger partial charge in [0.1, 0.15) is 16.4 Å². The molecule has 0 unspecified atom stereocenters. The molecule has 1 aromatic heterocycles. The second-order valence-electron chi connectivity index (χ2n) is 6.67. The van der Waals surface area contributed by atoms with E-state index in [1.165, 1.54) is 25.9 Å². The van der Waals surface area contributed by atoms with Crippen molar-refractivity contribution in [3.8, 4) is 11.6 Å². The van der Waals surface area contributed by atoms with Crippen molar-refractivity contribution in [2.45, 2.75) is 6.92 Å². The van der Waals surface area contributed by atoms with Crippen LogP contribution in [0.25, 0.3) is 0 Å². The first-order valence-corrected chi connectivity index (χ1v) is 10.3. The van der Waals surface area contributed by atoms with Crippen molar-refractivity contribution >= 4 is 22.5 Å². The zero-order valence-corrected chi connectivity index (χ0v) is 17.8. The molecule has 0 bridgehead atoms. The normalized spacial score (nSPS) is 11.5. The third kappa shape index (κ3) is 4.83. The molecular formula is C22H23N3O4S. The Morgan fingerprint density at radius 2 is 1.80 bits per heavy atom. The number of rotatable bonds is 6. The molecule has 0 atom stereocenters. The van der Waals surface area contributed by atoms with E-state index in [-0.39, 0.29) is 5.56 Å². The minimum atomic E-state index is -0.603. The summed E-state index contributed by atoms with van der Waals surface area (Å²) in [6, 6.07) is 16.9. The van der Waals surface area contributed by atoms with E-state index in [4.69, 9.17) is 4.74 Å². The van der Waals surface area contributed by atoms with Gasteiger partial charge in [-0.2, -0.15) is 0 Å². The summed E-state index contributed by atoms with van der Waals surface area (Å²) in [6.07, 6.45) is 0. The molecule has 0 saturated heterocycles. The van der Waals surface area contributed by atoms with Crippen LogP contribution in [-0.2, 0) is 14.1 Å². The molecule has 0 aliphatic carbocycles. The zero-order valence-electron chi connectivity index (χ0n) is 17.0. The zero-order chi connectivity index (χ0) is 21.7. The fraction of sp³-hybridized carbons (Fsp3) is 0.227. The molecule has 156 valence electrons. The summed E-state index contributed by atoms with van der Waals surface area (Å²) in [5.41, 5.74) is 0.459. The predicted octanol–water partition coefficient (Wildman–Crippen LogP) is 2.99. The van der Waals surface area contributed by atoms with Gasteiger partial charge in [0.2, 0.25) is 5.88 Å². The van der Waals surface area contributed by atoms with Crippen molar-refractivity contribution in [2.75, 3.05) is 12.4 Å². The van der Waals surface area contributed by atoms with Gasteiger partial charge < -0.3 is 9.84 Å². The van der Waals surface area contributed by atoms with Gasteiger partial charge in [-0.1, -0.05) is 30.3 Å². The number of benzene rings is 2. The fourth-order valence-electron chi connectivity index (χ4n) is 2.81. The minimum Gasteiger partial charge on any atom is -0.494 e. The molecule has 0 saturated carbocycles. The van der Waals surface area contributed by atoms with E-state index < -0.39 is 17.1 Å². The Morgan fingerprint density at radius 1 is 1.07 bits per heavy atom. The fourth-order valence-corrected chi connectivity index (χ4v) is 3.66. The molecule has 0 aliphatic heterocycles. The van der Waals surface area contributed by atoms with E-state index >= 15 is 0 Å². The molecule has 3 aromatic rings. The second kappa shape index (κ2) is 9.49. The molecule has 0 radical (unpaired) electrons. The average molecular weight is 426 g/mol. The molecular weight excluding hydrogens is 402 g/mol. The number of aromatic nitrogens is 2. The van der Waals surface area contributed by atoms with Crippen molar-refractivity contribution in [3.05, 3.63) is 86.6 Å². The summed E-state index contributed by atoms with van der Waals surface area (Å²) >= 11 is 1.28. The van der Waals surface area contributed by atoms with Gasteiger partial charge in [0, 0.05) is 19.8 Å². The summed E-state index contributed by atoms with van der Waals surface area (Å²) in [6.45, 7) is 2.33. The van der Waals surface area contributed by atoms with E-state index in [0.717, 1.165) is 20.4 Å². The molecule has 2 aromatic carbocycles. The molecule has 3 rings (SSSR count). The predicted molar refractivity (Wildman–Crippen MR) is 120 cm³/mol. The topological polar surface area (TPSA) is 85.8 Å². The van der Waals surface area contributed by atoms with Gasteiger partial charge in [-0.25, -0.2) is 9.79 Å². The van der Waals surface area contributed by atoms with Crippen molar-refractivity contribution in [1.29, 1.82) is 0 Å². The number of thioether (sulfide) groups is 1. The molecule has 7 nitrogen and oxygen atoms in total. The summed E-state index contributed by atoms with van der Waals surface area (Å²) < 4.78 is 7.70. The first-order chi connectivity index (χ1) is 14.4. The van der Waals surface area contributed by atoms with E-state index in [0.29, 0.717) is 23.1 Å². The standard InChI is InChI=1S/C22H23N3O4S/c1-15-8-7-9-16(14-15)23-19(30-13-12-29-17-10-5-4-6-11-17)18-20(26)24(2)22(28)25(3)21(18)27/h4-11,14,26H,12-13H2,1-3H3. The first-order valence-electron chi connectivity index (χ1n) is 9.34. The number of para-hydroxylation sites is 1. The van der Waals surface area contributed by atoms with Crippen LogP contribution >= 0.6 is 11.8 Å². The Labute approximate surface area is 178 Å². The van der Waals surface area contributed by atoms with Crippen molar-refractivity contribution in [2.24, 2.45) is 19.1 Å². The van der Waals surface area contributed by atoms with Crippen molar-refractivity contribution in [3.63, 3.8) is 0 Å². The number of ether oxygens (including phenoxy) is 1. The molecule has 0 aliphatic rings. The smallest absolute Gasteiger partial charge is 0.333 e. The van der Waals surface area contributed by atoms with Gasteiger partial charge in [0.05, 0.1) is 12.3 Å². The van der Waals surface area contributed by atoms with Crippen LogP contribution in [0, 0.1) is 6.92 Å². The quantitative estimate of drug-likeness (QED) is 0.373. The third-order valence-electron chi connectivity index (χ3n) is 4.41. The molecule has 0 fully saturated rings. The number of hydrogen-bond acceptors (Lipinski definition) is 6. The highest BCUT2D eigenvalue weighted by Crippen LogP contribution is 2.23. The van der Waals surface area contributed by atoms with E-state index in [1.54, 1.807) is 0 Å². The third-order valence-corrected chi connectivity index (χ3v) is 5.35. The Morgan fingerprint density at radius 3 is 2.50 bits per heavy atom. The highest BCUT2D eigenvalue weighted by atomic mass is 32.2.